The molecule has 10 nitrogen and oxygen atoms in total. The lowest BCUT2D eigenvalue weighted by Gasteiger charge is -2.08. The quantitative estimate of drug-likeness (QED) is 0.277. The molecule has 0 atom stereocenters. The van der Waals surface area contributed by atoms with Gasteiger partial charge in [-0.05, 0) is 19.1 Å². The number of aromatic nitrogens is 3. The van der Waals surface area contributed by atoms with E-state index in [1.807, 2.05) is 18.2 Å². The molecular weight excluding hydrogens is 440 g/mol. The Balaban J connectivity index is 1.72. The van der Waals surface area contributed by atoms with Gasteiger partial charge in [-0.1, -0.05) is 17.8 Å². The monoisotopic (exact) mass is 460 g/mol. The molecular formula is C19H20N6O4S2. The van der Waals surface area contributed by atoms with Gasteiger partial charge in [-0.3, -0.25) is 0 Å². The molecule has 0 fully saturated rings. The van der Waals surface area contributed by atoms with Crippen LogP contribution in [0.1, 0.15) is 33.5 Å². The van der Waals surface area contributed by atoms with Crippen molar-refractivity contribution in [1.82, 2.24) is 14.9 Å². The predicted molar refractivity (Wildman–Crippen MR) is 116 cm³/mol. The molecule has 0 saturated heterocycles. The number of esters is 1. The van der Waals surface area contributed by atoms with Crippen molar-refractivity contribution in [2.45, 2.75) is 24.4 Å². The Bertz CT molecular complexity index is 1120. The Morgan fingerprint density at radius 2 is 2.13 bits per heavy atom. The van der Waals surface area contributed by atoms with Gasteiger partial charge in [-0.15, -0.1) is 21.5 Å². The maximum Gasteiger partial charge on any atom is 0.348 e. The molecule has 1 aromatic carbocycles. The average Bonchev–Trinajstić information content (AvgIpc) is 3.29. The lowest BCUT2D eigenvalue weighted by molar-refractivity contribution is 0.0531. The minimum Gasteiger partial charge on any atom is -0.497 e. The number of nitrogens with two attached hydrogens (primary N) is 2. The number of nitrogen functional groups attached to an aromatic ring is 2. The fourth-order valence-corrected chi connectivity index (χ4v) is 4.51. The van der Waals surface area contributed by atoms with Crippen molar-refractivity contribution in [2.24, 2.45) is 0 Å². The van der Waals surface area contributed by atoms with E-state index in [0.717, 1.165) is 11.3 Å². The Hall–Kier alpha value is -3.43. The molecule has 31 heavy (non-hydrogen) atoms. The summed E-state index contributed by atoms with van der Waals surface area (Å²) in [7, 11) is 1.57. The molecule has 0 aliphatic rings. The topological polar surface area (TPSA) is 151 Å². The summed E-state index contributed by atoms with van der Waals surface area (Å²) in [6.45, 7) is 2.03. The van der Waals surface area contributed by atoms with Crippen LogP contribution in [0.3, 0.4) is 0 Å². The molecule has 0 spiro atoms. The number of nitrogens with zero attached hydrogens (tertiary/aromatic N) is 4. The highest BCUT2D eigenvalue weighted by Crippen LogP contribution is 2.35. The first-order chi connectivity index (χ1) is 15.0. The zero-order valence-corrected chi connectivity index (χ0v) is 18.5. The van der Waals surface area contributed by atoms with Gasteiger partial charge >= 0.3 is 5.97 Å². The number of hydrogen-bond donors (Lipinski definition) is 2. The van der Waals surface area contributed by atoms with Gasteiger partial charge in [0, 0.05) is 17.4 Å². The summed E-state index contributed by atoms with van der Waals surface area (Å²) in [5.41, 5.74) is 6.65. The summed E-state index contributed by atoms with van der Waals surface area (Å²) in [5.74, 6) is 7.50. The highest BCUT2D eigenvalue weighted by molar-refractivity contribution is 7.98. The van der Waals surface area contributed by atoms with E-state index in [4.69, 9.17) is 25.8 Å². The average molecular weight is 461 g/mol. The Kier molecular flexibility index (Phi) is 7.22. The van der Waals surface area contributed by atoms with Crippen LogP contribution in [-0.2, 0) is 17.1 Å². The van der Waals surface area contributed by atoms with Gasteiger partial charge in [0.2, 0.25) is 5.16 Å². The van der Waals surface area contributed by atoms with Crippen molar-refractivity contribution in [3.63, 3.8) is 0 Å². The van der Waals surface area contributed by atoms with Crippen LogP contribution >= 0.6 is 23.1 Å². The molecule has 12 heteroatoms. The number of anilines is 1. The van der Waals surface area contributed by atoms with Crippen molar-refractivity contribution in [3.8, 4) is 17.6 Å². The summed E-state index contributed by atoms with van der Waals surface area (Å²) in [6.07, 6.45) is 0. The van der Waals surface area contributed by atoms with Gasteiger partial charge in [-0.2, -0.15) is 5.26 Å². The van der Waals surface area contributed by atoms with Gasteiger partial charge in [-0.25, -0.2) is 9.47 Å². The van der Waals surface area contributed by atoms with Gasteiger partial charge in [0.1, 0.15) is 34.1 Å². The summed E-state index contributed by atoms with van der Waals surface area (Å²) >= 11 is 2.25. The number of thioether (sulfide) groups is 1. The second-order valence-electron chi connectivity index (χ2n) is 6.01. The number of hydrogen-bond acceptors (Lipinski definition) is 11. The molecule has 3 aromatic rings. The molecule has 2 heterocycles. The van der Waals surface area contributed by atoms with E-state index in [-0.39, 0.29) is 29.5 Å². The molecule has 0 aliphatic heterocycles. The van der Waals surface area contributed by atoms with Crippen LogP contribution in [0.15, 0.2) is 29.4 Å². The van der Waals surface area contributed by atoms with E-state index in [1.165, 1.54) is 16.4 Å². The van der Waals surface area contributed by atoms with Crippen LogP contribution in [0.5, 0.6) is 11.5 Å². The number of carbonyl (C=O) groups is 1. The third kappa shape index (κ3) is 5.01. The highest BCUT2D eigenvalue weighted by atomic mass is 32.2. The van der Waals surface area contributed by atoms with Crippen LogP contribution in [0.25, 0.3) is 0 Å². The third-order valence-electron chi connectivity index (χ3n) is 4.10. The molecule has 0 bridgehead atoms. The molecule has 3 rings (SSSR count). The van der Waals surface area contributed by atoms with Crippen LogP contribution in [0.2, 0.25) is 0 Å². The number of nitriles is 1. The number of benzene rings is 1. The molecule has 4 N–H and O–H groups in total. The van der Waals surface area contributed by atoms with E-state index < -0.39 is 5.97 Å². The summed E-state index contributed by atoms with van der Waals surface area (Å²) in [6, 6.07) is 9.20. The first-order valence-corrected chi connectivity index (χ1v) is 10.9. The molecule has 162 valence electrons. The maximum absolute atomic E-state index is 12.2. The SMILES string of the molecule is CCOC(=O)c1sc(N)c(C#N)c1CSc1nnc(COc2cccc(OC)c2)n1N. The fourth-order valence-electron chi connectivity index (χ4n) is 2.59. The minimum absolute atomic E-state index is 0.0974. The van der Waals surface area contributed by atoms with E-state index in [0.29, 0.717) is 32.9 Å². The van der Waals surface area contributed by atoms with Crippen LogP contribution < -0.4 is 21.1 Å². The van der Waals surface area contributed by atoms with Gasteiger partial charge in [0.05, 0.1) is 19.3 Å². The van der Waals surface area contributed by atoms with Crippen molar-refractivity contribution in [3.05, 3.63) is 46.1 Å². The number of carbonyl (C=O) groups excluding carboxylic acids is 1. The van der Waals surface area contributed by atoms with E-state index in [1.54, 1.807) is 26.2 Å². The Morgan fingerprint density at radius 3 is 2.84 bits per heavy atom. The van der Waals surface area contributed by atoms with Crippen molar-refractivity contribution in [1.29, 1.82) is 5.26 Å². The lowest BCUT2D eigenvalue weighted by Crippen LogP contribution is -2.16. The van der Waals surface area contributed by atoms with Crippen LogP contribution in [0, 0.1) is 11.3 Å². The standard InChI is InChI=1S/C19H20N6O4S2/c1-3-28-18(26)16-14(13(8-20)17(21)31-16)10-30-19-24-23-15(25(19)22)9-29-12-6-4-5-11(7-12)27-2/h4-7H,3,9-10,21-22H2,1-2H3. The van der Waals surface area contributed by atoms with Crippen LogP contribution in [0.4, 0.5) is 5.00 Å². The molecule has 0 unspecified atom stereocenters. The lowest BCUT2D eigenvalue weighted by atomic mass is 10.2. The Labute approximate surface area is 186 Å². The molecule has 0 amide bonds. The van der Waals surface area contributed by atoms with E-state index in [2.05, 4.69) is 10.2 Å². The molecule has 0 aliphatic carbocycles. The summed E-state index contributed by atoms with van der Waals surface area (Å²) < 4.78 is 17.2. The molecule has 0 radical (unpaired) electrons. The third-order valence-corrected chi connectivity index (χ3v) is 6.11. The van der Waals surface area contributed by atoms with Crippen molar-refractivity contribution >= 4 is 34.1 Å². The number of thiophene rings is 1. The molecule has 2 aromatic heterocycles. The second-order valence-corrected chi connectivity index (χ2v) is 8.00. The highest BCUT2D eigenvalue weighted by Gasteiger charge is 2.23. The maximum atomic E-state index is 12.2. The zero-order chi connectivity index (χ0) is 22.4. The first kappa shape index (κ1) is 22.3. The summed E-state index contributed by atoms with van der Waals surface area (Å²) in [4.78, 5) is 12.5. The largest absolute Gasteiger partial charge is 0.497 e. The zero-order valence-electron chi connectivity index (χ0n) is 16.8. The van der Waals surface area contributed by atoms with E-state index >= 15 is 0 Å². The minimum atomic E-state index is -0.516. The van der Waals surface area contributed by atoms with Crippen LogP contribution in [-0.4, -0.2) is 34.6 Å². The summed E-state index contributed by atoms with van der Waals surface area (Å²) in [5, 5.41) is 18.2. The number of rotatable bonds is 9. The second kappa shape index (κ2) is 10.1. The number of methoxy groups -OCH3 is 1. The van der Waals surface area contributed by atoms with Gasteiger partial charge in [0.15, 0.2) is 5.82 Å². The predicted octanol–water partition coefficient (Wildman–Crippen LogP) is 2.56. The normalized spacial score (nSPS) is 10.5. The Morgan fingerprint density at radius 1 is 1.35 bits per heavy atom. The fraction of sp³-hybridized carbons (Fsp3) is 0.263. The van der Waals surface area contributed by atoms with Gasteiger partial charge < -0.3 is 25.8 Å². The first-order valence-electron chi connectivity index (χ1n) is 9.05. The van der Waals surface area contributed by atoms with Gasteiger partial charge in [0.25, 0.3) is 0 Å². The van der Waals surface area contributed by atoms with Crippen molar-refractivity contribution in [2.75, 3.05) is 25.3 Å². The smallest absolute Gasteiger partial charge is 0.348 e. The molecule has 0 saturated carbocycles. The van der Waals surface area contributed by atoms with E-state index in [9.17, 15) is 10.1 Å². The van der Waals surface area contributed by atoms with Crippen molar-refractivity contribution < 1.29 is 19.0 Å². The number of ether oxygens (including phenoxy) is 3.